The number of aliphatic hydroxyl groups excluding tert-OH is 1. The minimum absolute atomic E-state index is 0.0399. The average molecular weight is 376 g/mol. The predicted molar refractivity (Wildman–Crippen MR) is 85.4 cm³/mol. The smallest absolute Gasteiger partial charge is 0.385 e. The summed E-state index contributed by atoms with van der Waals surface area (Å²) < 4.78 is 17.7. The Hall–Kier alpha value is -0.435. The van der Waals surface area contributed by atoms with E-state index in [1.54, 1.807) is 16.7 Å². The number of aromatic nitrogens is 2. The monoisotopic (exact) mass is 375 g/mol. The summed E-state index contributed by atoms with van der Waals surface area (Å²) in [4.78, 5) is 14.0. The number of halogens is 2. The lowest BCUT2D eigenvalue weighted by atomic mass is 10.1. The van der Waals surface area contributed by atoms with Gasteiger partial charge in [-0.15, -0.1) is 0 Å². The summed E-state index contributed by atoms with van der Waals surface area (Å²) in [6, 6.07) is 3.28. The molecule has 1 aromatic heterocycles. The van der Waals surface area contributed by atoms with Crippen molar-refractivity contribution in [2.45, 2.75) is 24.5 Å². The van der Waals surface area contributed by atoms with Crippen molar-refractivity contribution in [3.05, 3.63) is 28.5 Å². The van der Waals surface area contributed by atoms with E-state index < -0.39 is 32.4 Å². The summed E-state index contributed by atoms with van der Waals surface area (Å²) >= 11 is 12.0. The van der Waals surface area contributed by atoms with Crippen molar-refractivity contribution in [2.24, 2.45) is 0 Å². The largest absolute Gasteiger partial charge is 0.488 e. The molecule has 2 fully saturated rings. The van der Waals surface area contributed by atoms with E-state index in [9.17, 15) is 10.00 Å². The SMILES string of the molecule is [B][P+]1(O)OC[C@H]2O[C@@H](n3cnc4cc(Cl)c(Cl)cc43)C(O)[C@H]2O1. The number of ether oxygens (including phenoxy) is 1. The number of benzene rings is 1. The molecular weight excluding hydrogens is 365 g/mol. The zero-order chi connectivity index (χ0) is 16.4. The molecule has 2 saturated heterocycles. The van der Waals surface area contributed by atoms with Crippen LogP contribution in [0.2, 0.25) is 10.0 Å². The third kappa shape index (κ3) is 2.67. The van der Waals surface area contributed by atoms with Gasteiger partial charge >= 0.3 is 15.4 Å². The van der Waals surface area contributed by atoms with Gasteiger partial charge in [-0.3, -0.25) is 0 Å². The fraction of sp³-hybridized carbons (Fsp3) is 0.417. The number of hydrogen-bond donors (Lipinski definition) is 2. The predicted octanol–water partition coefficient (Wildman–Crippen LogP) is 1.86. The Morgan fingerprint density at radius 3 is 2.87 bits per heavy atom. The molecule has 120 valence electrons. The molecule has 0 bridgehead atoms. The minimum atomic E-state index is -3.41. The zero-order valence-electron chi connectivity index (χ0n) is 11.5. The Kier molecular flexibility index (Phi) is 3.87. The topological polar surface area (TPSA) is 86.0 Å². The maximum absolute atomic E-state index is 10.5. The van der Waals surface area contributed by atoms with Crippen molar-refractivity contribution in [2.75, 3.05) is 6.61 Å². The molecule has 4 rings (SSSR count). The molecule has 2 aromatic rings. The van der Waals surface area contributed by atoms with Crippen LogP contribution in [-0.2, 0) is 13.8 Å². The van der Waals surface area contributed by atoms with Gasteiger partial charge in [-0.1, -0.05) is 23.2 Å². The van der Waals surface area contributed by atoms with Crippen molar-refractivity contribution in [3.8, 4) is 0 Å². The lowest BCUT2D eigenvalue weighted by Crippen LogP contribution is -2.40. The normalized spacial score (nSPS) is 37.2. The van der Waals surface area contributed by atoms with Crippen LogP contribution in [0.3, 0.4) is 0 Å². The standard InChI is InChI=1S/C12H11BCl2N2O5P/c13-23(19)20-3-9-11(22-23)10(18)12(21-9)17-4-16-7-1-5(14)6(15)2-8(7)17/h1-2,4,9-12,18-19H,3H2/q+1/t9-,10?,11+,12-,23?/m1/s1. The van der Waals surface area contributed by atoms with Crippen LogP contribution in [0.4, 0.5) is 0 Å². The Labute approximate surface area is 143 Å². The molecule has 5 atom stereocenters. The summed E-state index contributed by atoms with van der Waals surface area (Å²) in [5.74, 6) is 0. The third-order valence-electron chi connectivity index (χ3n) is 3.90. The molecule has 0 amide bonds. The molecule has 1 aromatic carbocycles. The van der Waals surface area contributed by atoms with Gasteiger partial charge in [0.25, 0.3) is 0 Å². The van der Waals surface area contributed by atoms with Gasteiger partial charge in [0.15, 0.2) is 12.3 Å². The summed E-state index contributed by atoms with van der Waals surface area (Å²) in [7, 11) is 2.08. The second-order valence-electron chi connectivity index (χ2n) is 5.39. The molecule has 2 aliphatic heterocycles. The third-order valence-corrected chi connectivity index (χ3v) is 5.68. The molecular formula is C12H11BCl2N2O5P+. The van der Waals surface area contributed by atoms with Gasteiger partial charge in [-0.25, -0.2) is 9.88 Å². The number of aliphatic hydroxyl groups is 1. The van der Waals surface area contributed by atoms with Crippen LogP contribution in [0.15, 0.2) is 18.5 Å². The van der Waals surface area contributed by atoms with Crippen molar-refractivity contribution < 1.29 is 23.8 Å². The highest BCUT2D eigenvalue weighted by Gasteiger charge is 2.56. The lowest BCUT2D eigenvalue weighted by Gasteiger charge is -2.27. The summed E-state index contributed by atoms with van der Waals surface area (Å²) in [6.07, 6.45) is -1.62. The number of hydrogen-bond acceptors (Lipinski definition) is 6. The van der Waals surface area contributed by atoms with Crippen LogP contribution in [0.5, 0.6) is 0 Å². The lowest BCUT2D eigenvalue weighted by molar-refractivity contribution is -0.0601. The van der Waals surface area contributed by atoms with Gasteiger partial charge < -0.3 is 14.4 Å². The van der Waals surface area contributed by atoms with Gasteiger partial charge in [-0.05, 0) is 12.1 Å². The van der Waals surface area contributed by atoms with Gasteiger partial charge in [0, 0.05) is 0 Å². The molecule has 7 nitrogen and oxygen atoms in total. The van der Waals surface area contributed by atoms with E-state index in [1.165, 1.54) is 6.33 Å². The first-order valence-electron chi connectivity index (χ1n) is 6.74. The van der Waals surface area contributed by atoms with Crippen LogP contribution >= 0.6 is 31.0 Å². The van der Waals surface area contributed by atoms with Crippen molar-refractivity contribution in [3.63, 3.8) is 0 Å². The molecule has 23 heavy (non-hydrogen) atoms. The molecule has 0 saturated carbocycles. The first-order valence-corrected chi connectivity index (χ1v) is 9.14. The van der Waals surface area contributed by atoms with E-state index in [1.807, 2.05) is 0 Å². The highest BCUT2D eigenvalue weighted by atomic mass is 35.5. The van der Waals surface area contributed by atoms with Gasteiger partial charge in [-0.2, -0.15) is 9.05 Å². The molecule has 2 aliphatic rings. The van der Waals surface area contributed by atoms with Gasteiger partial charge in [0.2, 0.25) is 0 Å². The maximum Gasteiger partial charge on any atom is 0.488 e. The fourth-order valence-corrected chi connectivity index (χ4v) is 4.17. The Morgan fingerprint density at radius 2 is 2.09 bits per heavy atom. The number of rotatable bonds is 1. The molecule has 2 N–H and O–H groups in total. The van der Waals surface area contributed by atoms with Crippen molar-refractivity contribution in [1.29, 1.82) is 0 Å². The maximum atomic E-state index is 10.5. The summed E-state index contributed by atoms with van der Waals surface area (Å²) in [6.45, 7) is 0.0399. The van der Waals surface area contributed by atoms with Crippen molar-refractivity contribution >= 4 is 49.6 Å². The quantitative estimate of drug-likeness (QED) is 0.584. The van der Waals surface area contributed by atoms with Crippen molar-refractivity contribution in [1.82, 2.24) is 9.55 Å². The van der Waals surface area contributed by atoms with E-state index in [4.69, 9.17) is 44.6 Å². The second-order valence-corrected chi connectivity index (χ2v) is 7.80. The Morgan fingerprint density at radius 1 is 1.35 bits per heavy atom. The Balaban J connectivity index is 1.70. The first-order chi connectivity index (χ1) is 10.9. The molecule has 3 heterocycles. The molecule has 0 aliphatic carbocycles. The van der Waals surface area contributed by atoms with Crippen LogP contribution in [0, 0.1) is 0 Å². The minimum Gasteiger partial charge on any atom is -0.385 e. The second kappa shape index (κ2) is 5.54. The first kappa shape index (κ1) is 16.1. The zero-order valence-corrected chi connectivity index (χ0v) is 13.9. The molecule has 2 unspecified atom stereocenters. The van der Waals surface area contributed by atoms with Crippen LogP contribution in [-0.4, -0.2) is 52.0 Å². The van der Waals surface area contributed by atoms with Crippen LogP contribution < -0.4 is 0 Å². The summed E-state index contributed by atoms with van der Waals surface area (Å²) in [5, 5.41) is 11.3. The highest BCUT2D eigenvalue weighted by molar-refractivity contribution is 7.85. The summed E-state index contributed by atoms with van der Waals surface area (Å²) in [5.41, 5.74) is 1.27. The van der Waals surface area contributed by atoms with E-state index in [-0.39, 0.29) is 6.61 Å². The molecule has 0 spiro atoms. The Bertz CT molecular complexity index is 775. The molecule has 11 heteroatoms. The van der Waals surface area contributed by atoms with Gasteiger partial charge in [0.1, 0.15) is 18.8 Å². The average Bonchev–Trinajstić information content (AvgIpc) is 3.01. The van der Waals surface area contributed by atoms with E-state index in [0.717, 1.165) is 0 Å². The number of imidazole rings is 1. The number of nitrogens with zero attached hydrogens (tertiary/aromatic N) is 2. The van der Waals surface area contributed by atoms with E-state index in [2.05, 4.69) is 4.98 Å². The number of fused-ring (bicyclic) bond motifs is 2. The molecule has 2 radical (unpaired) electrons. The highest BCUT2D eigenvalue weighted by Crippen LogP contribution is 2.58. The van der Waals surface area contributed by atoms with Crippen LogP contribution in [0.1, 0.15) is 6.23 Å². The van der Waals surface area contributed by atoms with Gasteiger partial charge in [0.05, 0.1) is 27.4 Å². The van der Waals surface area contributed by atoms with E-state index >= 15 is 0 Å². The van der Waals surface area contributed by atoms with E-state index in [0.29, 0.717) is 21.1 Å². The fourth-order valence-electron chi connectivity index (χ4n) is 2.82. The van der Waals surface area contributed by atoms with Crippen LogP contribution in [0.25, 0.3) is 11.0 Å².